The molecule has 0 aliphatic rings. The van der Waals surface area contributed by atoms with E-state index in [0.717, 1.165) is 21.6 Å². The van der Waals surface area contributed by atoms with Gasteiger partial charge in [0.05, 0.1) is 11.1 Å². The van der Waals surface area contributed by atoms with E-state index in [1.54, 1.807) is 0 Å². The highest BCUT2D eigenvalue weighted by atomic mass is 79.9. The Kier molecular flexibility index (Phi) is 4.81. The molecule has 0 amide bonds. The van der Waals surface area contributed by atoms with Crippen LogP contribution in [0.15, 0.2) is 53.0 Å². The molecule has 0 bridgehead atoms. The second-order valence-corrected chi connectivity index (χ2v) is 5.28. The molecule has 0 aromatic heterocycles. The fourth-order valence-electron chi connectivity index (χ4n) is 2.00. The van der Waals surface area contributed by atoms with Crippen LogP contribution in [-0.2, 0) is 0 Å². The van der Waals surface area contributed by atoms with Gasteiger partial charge in [0.1, 0.15) is 0 Å². The zero-order valence-electron chi connectivity index (χ0n) is 10.2. The summed E-state index contributed by atoms with van der Waals surface area (Å²) >= 11 is 9.87. The smallest absolute Gasteiger partial charge is 0.0599 e. The lowest BCUT2D eigenvalue weighted by Gasteiger charge is -2.20. The monoisotopic (exact) mass is 323 g/mol. The van der Waals surface area contributed by atoms with Crippen LogP contribution in [0, 0.1) is 0 Å². The molecule has 1 unspecified atom stereocenters. The molecule has 0 saturated heterocycles. The molecule has 0 aliphatic heterocycles. The molecule has 0 spiro atoms. The lowest BCUT2D eigenvalue weighted by atomic mass is 9.98. The minimum atomic E-state index is 0.126. The van der Waals surface area contributed by atoms with Crippen LogP contribution in [-0.4, -0.2) is 6.54 Å². The van der Waals surface area contributed by atoms with E-state index in [1.807, 2.05) is 30.3 Å². The van der Waals surface area contributed by atoms with E-state index in [2.05, 4.69) is 46.4 Å². The van der Waals surface area contributed by atoms with Crippen LogP contribution in [0.1, 0.15) is 24.1 Å². The summed E-state index contributed by atoms with van der Waals surface area (Å²) in [6, 6.07) is 16.5. The van der Waals surface area contributed by atoms with Gasteiger partial charge in [-0.1, -0.05) is 61.0 Å². The van der Waals surface area contributed by atoms with E-state index < -0.39 is 0 Å². The van der Waals surface area contributed by atoms with Crippen LogP contribution in [0.4, 0.5) is 0 Å². The van der Waals surface area contributed by atoms with Crippen molar-refractivity contribution < 1.29 is 0 Å². The van der Waals surface area contributed by atoms with Gasteiger partial charge in [-0.15, -0.1) is 0 Å². The highest BCUT2D eigenvalue weighted by Gasteiger charge is 2.16. The molecule has 0 saturated carbocycles. The lowest BCUT2D eigenvalue weighted by Crippen LogP contribution is -2.22. The van der Waals surface area contributed by atoms with Gasteiger partial charge in [-0.05, 0) is 39.7 Å². The zero-order valence-corrected chi connectivity index (χ0v) is 12.5. The normalized spacial score (nSPS) is 12.4. The predicted molar refractivity (Wildman–Crippen MR) is 81.1 cm³/mol. The van der Waals surface area contributed by atoms with Crippen LogP contribution < -0.4 is 5.32 Å². The Hall–Kier alpha value is -0.830. The Bertz CT molecular complexity index is 513. The third kappa shape index (κ3) is 2.94. The molecule has 0 radical (unpaired) electrons. The quantitative estimate of drug-likeness (QED) is 0.851. The molecular weight excluding hydrogens is 310 g/mol. The average molecular weight is 325 g/mol. The first-order valence-corrected chi connectivity index (χ1v) is 7.13. The van der Waals surface area contributed by atoms with Crippen LogP contribution in [0.3, 0.4) is 0 Å². The van der Waals surface area contributed by atoms with Gasteiger partial charge >= 0.3 is 0 Å². The first-order valence-electron chi connectivity index (χ1n) is 5.96. The molecule has 1 nitrogen and oxygen atoms in total. The van der Waals surface area contributed by atoms with Gasteiger partial charge in [-0.25, -0.2) is 0 Å². The number of hydrogen-bond acceptors (Lipinski definition) is 1. The molecule has 1 N–H and O–H groups in total. The highest BCUT2D eigenvalue weighted by Crippen LogP contribution is 2.33. The molecular formula is C15H15BrClN. The SMILES string of the molecule is CCNC(c1ccccc1)c1cccc(Br)c1Cl. The minimum absolute atomic E-state index is 0.126. The summed E-state index contributed by atoms with van der Waals surface area (Å²) in [7, 11) is 0. The number of benzene rings is 2. The van der Waals surface area contributed by atoms with Gasteiger partial charge in [-0.2, -0.15) is 0 Å². The van der Waals surface area contributed by atoms with Gasteiger partial charge < -0.3 is 5.32 Å². The number of hydrogen-bond donors (Lipinski definition) is 1. The van der Waals surface area contributed by atoms with Crippen LogP contribution in [0.5, 0.6) is 0 Å². The van der Waals surface area contributed by atoms with Crippen molar-refractivity contribution in [3.8, 4) is 0 Å². The topological polar surface area (TPSA) is 12.0 Å². The zero-order chi connectivity index (χ0) is 13.0. The molecule has 2 aromatic rings. The number of nitrogens with one attached hydrogen (secondary N) is 1. The van der Waals surface area contributed by atoms with E-state index in [-0.39, 0.29) is 6.04 Å². The van der Waals surface area contributed by atoms with Gasteiger partial charge in [0, 0.05) is 4.47 Å². The highest BCUT2D eigenvalue weighted by molar-refractivity contribution is 9.10. The number of halogens is 2. The predicted octanol–water partition coefficient (Wildman–Crippen LogP) is 4.80. The summed E-state index contributed by atoms with van der Waals surface area (Å²) in [5, 5.41) is 4.25. The van der Waals surface area contributed by atoms with E-state index in [4.69, 9.17) is 11.6 Å². The molecule has 0 fully saturated rings. The lowest BCUT2D eigenvalue weighted by molar-refractivity contribution is 0.630. The molecule has 0 aliphatic carbocycles. The van der Waals surface area contributed by atoms with Crippen LogP contribution >= 0.6 is 27.5 Å². The Morgan fingerprint density at radius 1 is 1.11 bits per heavy atom. The van der Waals surface area contributed by atoms with Crippen molar-refractivity contribution in [2.75, 3.05) is 6.54 Å². The standard InChI is InChI=1S/C15H15BrClN/c1-2-18-15(11-7-4-3-5-8-11)12-9-6-10-13(16)14(12)17/h3-10,15,18H,2H2,1H3. The second kappa shape index (κ2) is 6.37. The van der Waals surface area contributed by atoms with Gasteiger partial charge in [0.2, 0.25) is 0 Å². The summed E-state index contributed by atoms with van der Waals surface area (Å²) < 4.78 is 0.931. The molecule has 2 rings (SSSR count). The molecule has 2 aromatic carbocycles. The van der Waals surface area contributed by atoms with Crippen molar-refractivity contribution in [1.29, 1.82) is 0 Å². The third-order valence-electron chi connectivity index (χ3n) is 2.83. The molecule has 18 heavy (non-hydrogen) atoms. The Labute approximate surface area is 121 Å². The van der Waals surface area contributed by atoms with Crippen molar-refractivity contribution in [3.05, 3.63) is 69.2 Å². The molecule has 0 heterocycles. The van der Waals surface area contributed by atoms with Crippen molar-refractivity contribution in [1.82, 2.24) is 5.32 Å². The maximum absolute atomic E-state index is 6.39. The van der Waals surface area contributed by atoms with Crippen molar-refractivity contribution in [3.63, 3.8) is 0 Å². The fourth-order valence-corrected chi connectivity index (χ4v) is 2.62. The summed E-state index contributed by atoms with van der Waals surface area (Å²) in [6.45, 7) is 2.99. The van der Waals surface area contributed by atoms with Crippen LogP contribution in [0.25, 0.3) is 0 Å². The Morgan fingerprint density at radius 3 is 2.50 bits per heavy atom. The maximum atomic E-state index is 6.39. The van der Waals surface area contributed by atoms with E-state index in [0.29, 0.717) is 0 Å². The van der Waals surface area contributed by atoms with Gasteiger partial charge in [0.25, 0.3) is 0 Å². The van der Waals surface area contributed by atoms with Gasteiger partial charge in [-0.3, -0.25) is 0 Å². The fraction of sp³-hybridized carbons (Fsp3) is 0.200. The van der Waals surface area contributed by atoms with Crippen molar-refractivity contribution >= 4 is 27.5 Å². The molecule has 94 valence electrons. The summed E-state index contributed by atoms with van der Waals surface area (Å²) in [4.78, 5) is 0. The van der Waals surface area contributed by atoms with Crippen molar-refractivity contribution in [2.24, 2.45) is 0 Å². The maximum Gasteiger partial charge on any atom is 0.0599 e. The summed E-state index contributed by atoms with van der Waals surface area (Å²) in [6.07, 6.45) is 0. The van der Waals surface area contributed by atoms with Crippen molar-refractivity contribution in [2.45, 2.75) is 13.0 Å². The summed E-state index contributed by atoms with van der Waals surface area (Å²) in [5.41, 5.74) is 2.32. The first-order chi connectivity index (χ1) is 8.74. The third-order valence-corrected chi connectivity index (χ3v) is 4.14. The van der Waals surface area contributed by atoms with E-state index >= 15 is 0 Å². The minimum Gasteiger partial charge on any atom is -0.306 e. The largest absolute Gasteiger partial charge is 0.306 e. The van der Waals surface area contributed by atoms with Gasteiger partial charge in [0.15, 0.2) is 0 Å². The Balaban J connectivity index is 2.45. The molecule has 3 heteroatoms. The van der Waals surface area contributed by atoms with E-state index in [1.165, 1.54) is 5.56 Å². The van der Waals surface area contributed by atoms with E-state index in [9.17, 15) is 0 Å². The molecule has 1 atom stereocenters. The summed E-state index contributed by atoms with van der Waals surface area (Å²) in [5.74, 6) is 0. The average Bonchev–Trinajstić information content (AvgIpc) is 2.41. The van der Waals surface area contributed by atoms with Crippen LogP contribution in [0.2, 0.25) is 5.02 Å². The Morgan fingerprint density at radius 2 is 1.83 bits per heavy atom. The second-order valence-electron chi connectivity index (χ2n) is 4.04. The number of rotatable bonds is 4. The first kappa shape index (κ1) is 13.6.